The van der Waals surface area contributed by atoms with E-state index in [0.717, 1.165) is 4.68 Å². The summed E-state index contributed by atoms with van der Waals surface area (Å²) in [6.45, 7) is 3.08. The van der Waals surface area contributed by atoms with Crippen LogP contribution in [-0.2, 0) is 7.05 Å². The van der Waals surface area contributed by atoms with Crippen LogP contribution in [0.4, 0.5) is 17.1 Å². The fourth-order valence-corrected chi connectivity index (χ4v) is 2.20. The van der Waals surface area contributed by atoms with Gasteiger partial charge in [-0.2, -0.15) is 5.10 Å². The highest BCUT2D eigenvalue weighted by Crippen LogP contribution is 2.28. The molecule has 0 unspecified atom stereocenters. The quantitative estimate of drug-likeness (QED) is 0.677. The molecule has 2 aromatic rings. The number of rotatable bonds is 4. The normalized spacial score (nSPS) is 10.4. The number of anilines is 1. The Hall–Kier alpha value is -3.30. The topological polar surface area (TPSA) is 133 Å². The second-order valence-corrected chi connectivity index (χ2v) is 4.90. The zero-order chi connectivity index (χ0) is 17.3. The van der Waals surface area contributed by atoms with Crippen molar-refractivity contribution in [1.82, 2.24) is 9.78 Å². The van der Waals surface area contributed by atoms with Gasteiger partial charge in [0.05, 0.1) is 9.85 Å². The molecule has 23 heavy (non-hydrogen) atoms. The van der Waals surface area contributed by atoms with Gasteiger partial charge in [0.15, 0.2) is 0 Å². The van der Waals surface area contributed by atoms with Gasteiger partial charge in [-0.15, -0.1) is 0 Å². The van der Waals surface area contributed by atoms with Gasteiger partial charge in [-0.25, -0.2) is 0 Å². The highest BCUT2D eigenvalue weighted by atomic mass is 16.6. The molecule has 2 rings (SSSR count). The SMILES string of the molecule is Cc1ccc(NC(=O)c2c([N+](=O)[O-])c(C)nn2C)c([N+](=O)[O-])c1. The minimum Gasteiger partial charge on any atom is -0.315 e. The molecule has 1 aromatic carbocycles. The Morgan fingerprint density at radius 3 is 2.43 bits per heavy atom. The summed E-state index contributed by atoms with van der Waals surface area (Å²) in [5.41, 5.74) is -0.307. The van der Waals surface area contributed by atoms with E-state index in [4.69, 9.17) is 0 Å². The van der Waals surface area contributed by atoms with Crippen LogP contribution in [-0.4, -0.2) is 25.5 Å². The highest BCUT2D eigenvalue weighted by molar-refractivity contribution is 6.07. The number of benzene rings is 1. The van der Waals surface area contributed by atoms with Gasteiger partial charge in [0.2, 0.25) is 5.69 Å². The monoisotopic (exact) mass is 319 g/mol. The summed E-state index contributed by atoms with van der Waals surface area (Å²) in [4.78, 5) is 33.2. The van der Waals surface area contributed by atoms with E-state index in [1.54, 1.807) is 13.0 Å². The molecule has 0 radical (unpaired) electrons. The molecule has 0 aliphatic carbocycles. The molecule has 0 saturated carbocycles. The molecule has 120 valence electrons. The number of aryl methyl sites for hydroxylation is 3. The van der Waals surface area contributed by atoms with Gasteiger partial charge in [0, 0.05) is 13.1 Å². The first-order valence-corrected chi connectivity index (χ1v) is 6.46. The van der Waals surface area contributed by atoms with Crippen LogP contribution in [0.3, 0.4) is 0 Å². The van der Waals surface area contributed by atoms with Crippen LogP contribution in [0.15, 0.2) is 18.2 Å². The van der Waals surface area contributed by atoms with Gasteiger partial charge in [-0.05, 0) is 25.5 Å². The molecular formula is C13H13N5O5. The van der Waals surface area contributed by atoms with Crippen molar-refractivity contribution in [3.63, 3.8) is 0 Å². The molecular weight excluding hydrogens is 306 g/mol. The molecule has 0 atom stereocenters. The Balaban J connectivity index is 2.45. The van der Waals surface area contributed by atoms with E-state index in [-0.39, 0.29) is 22.8 Å². The number of carbonyl (C=O) groups is 1. The Bertz CT molecular complexity index is 826. The number of nitro benzene ring substituents is 1. The number of nitrogens with one attached hydrogen (secondary N) is 1. The number of nitro groups is 2. The summed E-state index contributed by atoms with van der Waals surface area (Å²) >= 11 is 0. The van der Waals surface area contributed by atoms with Crippen molar-refractivity contribution >= 4 is 23.0 Å². The third-order valence-electron chi connectivity index (χ3n) is 3.19. The number of nitrogens with zero attached hydrogens (tertiary/aromatic N) is 4. The van der Waals surface area contributed by atoms with E-state index in [9.17, 15) is 25.0 Å². The smallest absolute Gasteiger partial charge is 0.315 e. The zero-order valence-corrected chi connectivity index (χ0v) is 12.6. The third-order valence-corrected chi connectivity index (χ3v) is 3.19. The van der Waals surface area contributed by atoms with Gasteiger partial charge in [0.1, 0.15) is 11.4 Å². The zero-order valence-electron chi connectivity index (χ0n) is 12.6. The highest BCUT2D eigenvalue weighted by Gasteiger charge is 2.30. The first kappa shape index (κ1) is 16.1. The number of hydrogen-bond donors (Lipinski definition) is 1. The molecule has 0 aliphatic heterocycles. The molecule has 1 amide bonds. The molecule has 0 fully saturated rings. The lowest BCUT2D eigenvalue weighted by molar-refractivity contribution is -0.385. The molecule has 0 saturated heterocycles. The number of hydrogen-bond acceptors (Lipinski definition) is 6. The average Bonchev–Trinajstić information content (AvgIpc) is 2.75. The van der Waals surface area contributed by atoms with Crippen LogP contribution in [0, 0.1) is 34.1 Å². The van der Waals surface area contributed by atoms with Crippen molar-refractivity contribution in [2.45, 2.75) is 13.8 Å². The van der Waals surface area contributed by atoms with Gasteiger partial charge in [-0.3, -0.25) is 29.7 Å². The molecule has 10 nitrogen and oxygen atoms in total. The lowest BCUT2D eigenvalue weighted by atomic mass is 10.2. The minimum atomic E-state index is -0.841. The molecule has 1 N–H and O–H groups in total. The van der Waals surface area contributed by atoms with Crippen LogP contribution in [0.1, 0.15) is 21.7 Å². The van der Waals surface area contributed by atoms with E-state index >= 15 is 0 Å². The lowest BCUT2D eigenvalue weighted by Gasteiger charge is -2.06. The van der Waals surface area contributed by atoms with E-state index in [1.807, 2.05) is 0 Å². The summed E-state index contributed by atoms with van der Waals surface area (Å²) in [6, 6.07) is 4.27. The maximum atomic E-state index is 12.3. The maximum Gasteiger partial charge on any atom is 0.322 e. The summed E-state index contributed by atoms with van der Waals surface area (Å²) in [5, 5.41) is 28.3. The Kier molecular flexibility index (Phi) is 4.08. The van der Waals surface area contributed by atoms with Crippen molar-refractivity contribution in [3.05, 3.63) is 55.4 Å². The molecule has 1 aromatic heterocycles. The van der Waals surface area contributed by atoms with E-state index in [0.29, 0.717) is 5.56 Å². The fourth-order valence-electron chi connectivity index (χ4n) is 2.20. The van der Waals surface area contributed by atoms with Crippen molar-refractivity contribution < 1.29 is 14.6 Å². The number of carbonyl (C=O) groups excluding carboxylic acids is 1. The average molecular weight is 319 g/mol. The summed E-state index contributed by atoms with van der Waals surface area (Å²) in [5.74, 6) is -0.841. The van der Waals surface area contributed by atoms with Crippen molar-refractivity contribution in [3.8, 4) is 0 Å². The predicted molar refractivity (Wildman–Crippen MR) is 80.4 cm³/mol. The molecule has 0 spiro atoms. The largest absolute Gasteiger partial charge is 0.322 e. The Morgan fingerprint density at radius 1 is 1.22 bits per heavy atom. The van der Waals surface area contributed by atoms with Gasteiger partial charge >= 0.3 is 5.69 Å². The van der Waals surface area contributed by atoms with E-state index in [1.165, 1.54) is 26.1 Å². The second kappa shape index (κ2) is 5.83. The Morgan fingerprint density at radius 2 is 1.87 bits per heavy atom. The minimum absolute atomic E-state index is 0.0428. The Labute approximate surface area is 130 Å². The van der Waals surface area contributed by atoms with Crippen molar-refractivity contribution in [2.24, 2.45) is 7.05 Å². The maximum absolute atomic E-state index is 12.3. The third kappa shape index (κ3) is 3.00. The number of amides is 1. The van der Waals surface area contributed by atoms with Crippen LogP contribution in [0.2, 0.25) is 0 Å². The van der Waals surface area contributed by atoms with Gasteiger partial charge in [0.25, 0.3) is 11.6 Å². The van der Waals surface area contributed by atoms with Crippen LogP contribution in [0.5, 0.6) is 0 Å². The second-order valence-electron chi connectivity index (χ2n) is 4.90. The van der Waals surface area contributed by atoms with Gasteiger partial charge in [-0.1, -0.05) is 6.07 Å². The first-order valence-electron chi connectivity index (χ1n) is 6.46. The van der Waals surface area contributed by atoms with Crippen LogP contribution >= 0.6 is 0 Å². The molecule has 10 heteroatoms. The van der Waals surface area contributed by atoms with E-state index < -0.39 is 21.4 Å². The standard InChI is InChI=1S/C13H13N5O5/c1-7-4-5-9(10(6-7)17(20)21)14-13(19)12-11(18(22)23)8(2)15-16(12)3/h4-6H,1-3H3,(H,14,19). The van der Waals surface area contributed by atoms with Gasteiger partial charge < -0.3 is 5.32 Å². The van der Waals surface area contributed by atoms with Crippen LogP contribution in [0.25, 0.3) is 0 Å². The summed E-state index contributed by atoms with van der Waals surface area (Å²) in [7, 11) is 1.39. The molecule has 0 bridgehead atoms. The fraction of sp³-hybridized carbons (Fsp3) is 0.231. The molecule has 1 heterocycles. The molecule has 0 aliphatic rings. The van der Waals surface area contributed by atoms with Crippen molar-refractivity contribution in [2.75, 3.05) is 5.32 Å². The van der Waals surface area contributed by atoms with Crippen LogP contribution < -0.4 is 5.32 Å². The summed E-state index contributed by atoms with van der Waals surface area (Å²) in [6.07, 6.45) is 0. The summed E-state index contributed by atoms with van der Waals surface area (Å²) < 4.78 is 1.07. The number of aromatic nitrogens is 2. The first-order chi connectivity index (χ1) is 10.7. The van der Waals surface area contributed by atoms with Crippen molar-refractivity contribution in [1.29, 1.82) is 0 Å². The predicted octanol–water partition coefficient (Wildman–Crippen LogP) is 2.11. The lowest BCUT2D eigenvalue weighted by Crippen LogP contribution is -2.18. The van der Waals surface area contributed by atoms with E-state index in [2.05, 4.69) is 10.4 Å².